The van der Waals surface area contributed by atoms with Gasteiger partial charge >= 0.3 is 0 Å². The number of anilines is 2. The first kappa shape index (κ1) is 15.3. The summed E-state index contributed by atoms with van der Waals surface area (Å²) in [4.78, 5) is 11.0. The molecule has 112 valence electrons. The van der Waals surface area contributed by atoms with E-state index in [2.05, 4.69) is 54.7 Å². The van der Waals surface area contributed by atoms with Crippen molar-refractivity contribution in [1.29, 1.82) is 0 Å². The van der Waals surface area contributed by atoms with E-state index in [1.807, 2.05) is 18.2 Å². The summed E-state index contributed by atoms with van der Waals surface area (Å²) in [5.41, 5.74) is 9.07. The molecule has 2 aromatic rings. The third-order valence-electron chi connectivity index (χ3n) is 3.58. The largest absolute Gasteiger partial charge is 0.398 e. The fourth-order valence-electron chi connectivity index (χ4n) is 2.22. The van der Waals surface area contributed by atoms with E-state index in [0.29, 0.717) is 12.0 Å². The van der Waals surface area contributed by atoms with Crippen LogP contribution >= 0.6 is 0 Å². The maximum absolute atomic E-state index is 6.07. The van der Waals surface area contributed by atoms with Crippen molar-refractivity contribution in [2.24, 2.45) is 0 Å². The normalized spacial score (nSPS) is 11.1. The van der Waals surface area contributed by atoms with Gasteiger partial charge in [-0.2, -0.15) is 0 Å². The van der Waals surface area contributed by atoms with Crippen molar-refractivity contribution in [1.82, 2.24) is 9.97 Å². The Morgan fingerprint density at radius 3 is 2.43 bits per heavy atom. The summed E-state index contributed by atoms with van der Waals surface area (Å²) < 4.78 is 0. The van der Waals surface area contributed by atoms with Gasteiger partial charge in [-0.15, -0.1) is 0 Å². The molecule has 4 heteroatoms. The van der Waals surface area contributed by atoms with Crippen LogP contribution < -0.4 is 10.6 Å². The lowest BCUT2D eigenvalue weighted by atomic mass is 10.1. The van der Waals surface area contributed by atoms with Crippen LogP contribution in [0.4, 0.5) is 11.5 Å². The molecule has 0 fully saturated rings. The molecule has 0 aliphatic heterocycles. The molecular formula is C17H24N4. The summed E-state index contributed by atoms with van der Waals surface area (Å²) >= 11 is 0. The van der Waals surface area contributed by atoms with E-state index in [-0.39, 0.29) is 0 Å². The van der Waals surface area contributed by atoms with Crippen LogP contribution in [0, 0.1) is 0 Å². The number of para-hydroxylation sites is 1. The van der Waals surface area contributed by atoms with Crippen LogP contribution in [-0.4, -0.2) is 16.0 Å². The number of aromatic nitrogens is 2. The topological polar surface area (TPSA) is 55.0 Å². The first-order valence-electron chi connectivity index (χ1n) is 7.41. The molecule has 2 N–H and O–H groups in total. The van der Waals surface area contributed by atoms with Crippen molar-refractivity contribution in [2.75, 3.05) is 10.6 Å². The molecule has 0 saturated carbocycles. The van der Waals surface area contributed by atoms with Gasteiger partial charge in [-0.25, -0.2) is 9.97 Å². The van der Waals surface area contributed by atoms with Gasteiger partial charge in [0.15, 0.2) is 0 Å². The Hall–Kier alpha value is -2.10. The van der Waals surface area contributed by atoms with Gasteiger partial charge in [0.1, 0.15) is 12.1 Å². The minimum atomic E-state index is 0.333. The lowest BCUT2D eigenvalue weighted by molar-refractivity contribution is 0.668. The highest BCUT2D eigenvalue weighted by molar-refractivity contribution is 5.50. The van der Waals surface area contributed by atoms with Crippen LogP contribution in [0.2, 0.25) is 0 Å². The minimum absolute atomic E-state index is 0.333. The van der Waals surface area contributed by atoms with Gasteiger partial charge in [-0.3, -0.25) is 0 Å². The smallest absolute Gasteiger partial charge is 0.132 e. The van der Waals surface area contributed by atoms with Gasteiger partial charge in [0, 0.05) is 30.0 Å². The average molecular weight is 284 g/mol. The van der Waals surface area contributed by atoms with Gasteiger partial charge < -0.3 is 10.6 Å². The minimum Gasteiger partial charge on any atom is -0.398 e. The highest BCUT2D eigenvalue weighted by Crippen LogP contribution is 2.22. The zero-order valence-electron chi connectivity index (χ0n) is 13.2. The molecule has 1 aromatic carbocycles. The predicted octanol–water partition coefficient (Wildman–Crippen LogP) is 3.60. The third-order valence-corrected chi connectivity index (χ3v) is 3.58. The maximum Gasteiger partial charge on any atom is 0.132 e. The van der Waals surface area contributed by atoms with Crippen molar-refractivity contribution in [3.63, 3.8) is 0 Å². The van der Waals surface area contributed by atoms with E-state index in [1.165, 1.54) is 0 Å². The average Bonchev–Trinajstić information content (AvgIpc) is 2.46. The highest BCUT2D eigenvalue weighted by atomic mass is 15.2. The Morgan fingerprint density at radius 1 is 1.10 bits per heavy atom. The van der Waals surface area contributed by atoms with Crippen LogP contribution in [0.15, 0.2) is 36.7 Å². The predicted molar refractivity (Wildman–Crippen MR) is 88.3 cm³/mol. The zero-order chi connectivity index (χ0) is 15.4. The number of rotatable bonds is 5. The van der Waals surface area contributed by atoms with E-state index < -0.39 is 0 Å². The lowest BCUT2D eigenvalue weighted by Crippen LogP contribution is -2.31. The van der Waals surface area contributed by atoms with Crippen molar-refractivity contribution in [3.05, 3.63) is 47.9 Å². The quantitative estimate of drug-likeness (QED) is 0.852. The van der Waals surface area contributed by atoms with Crippen molar-refractivity contribution in [3.8, 4) is 0 Å². The van der Waals surface area contributed by atoms with E-state index >= 15 is 0 Å². The molecule has 0 bridgehead atoms. The molecule has 0 amide bonds. The second kappa shape index (κ2) is 6.57. The molecule has 0 unspecified atom stereocenters. The first-order chi connectivity index (χ1) is 9.99. The summed E-state index contributed by atoms with van der Waals surface area (Å²) in [5.74, 6) is 1.34. The third kappa shape index (κ3) is 3.72. The molecule has 21 heavy (non-hydrogen) atoms. The summed E-state index contributed by atoms with van der Waals surface area (Å²) in [6, 6.07) is 10.4. The number of nitrogens with two attached hydrogens (primary N) is 1. The van der Waals surface area contributed by atoms with Crippen molar-refractivity contribution < 1.29 is 0 Å². The van der Waals surface area contributed by atoms with E-state index in [4.69, 9.17) is 5.73 Å². The van der Waals surface area contributed by atoms with Gasteiger partial charge in [0.25, 0.3) is 0 Å². The highest BCUT2D eigenvalue weighted by Gasteiger charge is 2.15. The second-order valence-corrected chi connectivity index (χ2v) is 5.88. The van der Waals surface area contributed by atoms with Crippen molar-refractivity contribution in [2.45, 2.75) is 46.2 Å². The van der Waals surface area contributed by atoms with Crippen LogP contribution in [-0.2, 0) is 6.54 Å². The summed E-state index contributed by atoms with van der Waals surface area (Å²) in [5, 5.41) is 0. The lowest BCUT2D eigenvalue weighted by Gasteiger charge is -2.28. The molecule has 1 heterocycles. The first-order valence-corrected chi connectivity index (χ1v) is 7.41. The SMILES string of the molecule is CC(C)c1cc(N(Cc2ccccc2N)C(C)C)ncn1. The molecule has 0 aliphatic carbocycles. The number of benzene rings is 1. The fraction of sp³-hybridized carbons (Fsp3) is 0.412. The van der Waals surface area contributed by atoms with E-state index in [9.17, 15) is 0 Å². The molecule has 2 rings (SSSR count). The Morgan fingerprint density at radius 2 is 1.81 bits per heavy atom. The van der Waals surface area contributed by atoms with Crippen LogP contribution in [0.1, 0.15) is 44.9 Å². The van der Waals surface area contributed by atoms with Gasteiger partial charge in [0.2, 0.25) is 0 Å². The van der Waals surface area contributed by atoms with Gasteiger partial charge in [0.05, 0.1) is 0 Å². The van der Waals surface area contributed by atoms with E-state index in [0.717, 1.165) is 29.3 Å². The van der Waals surface area contributed by atoms with Crippen LogP contribution in [0.5, 0.6) is 0 Å². The Kier molecular flexibility index (Phi) is 4.78. The summed E-state index contributed by atoms with van der Waals surface area (Å²) in [6.45, 7) is 9.35. The van der Waals surface area contributed by atoms with E-state index in [1.54, 1.807) is 6.33 Å². The molecule has 1 aromatic heterocycles. The Bertz CT molecular complexity index is 593. The molecule has 0 saturated heterocycles. The molecular weight excluding hydrogens is 260 g/mol. The Labute approximate surface area is 127 Å². The molecule has 4 nitrogen and oxygen atoms in total. The van der Waals surface area contributed by atoms with Gasteiger partial charge in [-0.1, -0.05) is 32.0 Å². The number of nitrogens with zero attached hydrogens (tertiary/aromatic N) is 3. The fourth-order valence-corrected chi connectivity index (χ4v) is 2.22. The monoisotopic (exact) mass is 284 g/mol. The summed E-state index contributed by atoms with van der Waals surface area (Å²) in [7, 11) is 0. The zero-order valence-corrected chi connectivity index (χ0v) is 13.2. The van der Waals surface area contributed by atoms with Crippen molar-refractivity contribution >= 4 is 11.5 Å². The van der Waals surface area contributed by atoms with Gasteiger partial charge in [-0.05, 0) is 31.4 Å². The maximum atomic E-state index is 6.07. The second-order valence-electron chi connectivity index (χ2n) is 5.88. The standard InChI is InChI=1S/C17H24N4/c1-12(2)16-9-17(20-11-19-16)21(13(3)4)10-14-7-5-6-8-15(14)18/h5-9,11-13H,10,18H2,1-4H3. The Balaban J connectivity index is 2.31. The molecule has 0 radical (unpaired) electrons. The van der Waals surface area contributed by atoms with Crippen LogP contribution in [0.25, 0.3) is 0 Å². The number of hydrogen-bond acceptors (Lipinski definition) is 4. The van der Waals surface area contributed by atoms with Crippen LogP contribution in [0.3, 0.4) is 0 Å². The molecule has 0 atom stereocenters. The molecule has 0 aliphatic rings. The molecule has 0 spiro atoms. The number of nitrogen functional groups attached to an aromatic ring is 1. The number of hydrogen-bond donors (Lipinski definition) is 1. The summed E-state index contributed by atoms with van der Waals surface area (Å²) in [6.07, 6.45) is 1.65.